The second-order valence-corrected chi connectivity index (χ2v) is 7.82. The van der Waals surface area contributed by atoms with Gasteiger partial charge in [0.25, 0.3) is 5.91 Å². The van der Waals surface area contributed by atoms with Crippen LogP contribution in [0.3, 0.4) is 0 Å². The highest BCUT2D eigenvalue weighted by Crippen LogP contribution is 2.20. The molecule has 0 unspecified atom stereocenters. The third kappa shape index (κ3) is 3.88. The van der Waals surface area contributed by atoms with E-state index in [0.717, 1.165) is 29.1 Å². The zero-order valence-corrected chi connectivity index (χ0v) is 17.6. The second kappa shape index (κ2) is 8.19. The van der Waals surface area contributed by atoms with E-state index in [2.05, 4.69) is 22.8 Å². The highest BCUT2D eigenvalue weighted by atomic mass is 16.5. The maximum atomic E-state index is 12.8. The van der Waals surface area contributed by atoms with E-state index >= 15 is 0 Å². The van der Waals surface area contributed by atoms with Gasteiger partial charge in [0.2, 0.25) is 0 Å². The van der Waals surface area contributed by atoms with Gasteiger partial charge in [0.05, 0.1) is 5.56 Å². The van der Waals surface area contributed by atoms with Gasteiger partial charge < -0.3 is 14.2 Å². The maximum Gasteiger partial charge on any atom is 0.338 e. The van der Waals surface area contributed by atoms with Gasteiger partial charge in [-0.1, -0.05) is 24.3 Å². The van der Waals surface area contributed by atoms with Crippen molar-refractivity contribution in [1.82, 2.24) is 9.47 Å². The Kier molecular flexibility index (Phi) is 5.44. The molecule has 0 bridgehead atoms. The summed E-state index contributed by atoms with van der Waals surface area (Å²) in [7, 11) is 0. The van der Waals surface area contributed by atoms with E-state index in [1.807, 2.05) is 44.2 Å². The molecule has 5 nitrogen and oxygen atoms in total. The summed E-state index contributed by atoms with van der Waals surface area (Å²) in [6.07, 6.45) is -0.00111. The molecule has 1 amide bonds. The molecule has 1 atom stereocenters. The number of benzene rings is 2. The molecule has 0 N–H and O–H groups in total. The lowest BCUT2D eigenvalue weighted by Crippen LogP contribution is -2.42. The van der Waals surface area contributed by atoms with Crippen LogP contribution in [0.5, 0.6) is 0 Å². The third-order valence-corrected chi connectivity index (χ3v) is 5.71. The first-order valence-corrected chi connectivity index (χ1v) is 10.3. The van der Waals surface area contributed by atoms with E-state index in [4.69, 9.17) is 4.74 Å². The minimum atomic E-state index is -0.823. The van der Waals surface area contributed by atoms with Crippen LogP contribution < -0.4 is 0 Å². The Bertz CT molecular complexity index is 1060. The Balaban J connectivity index is 1.40. The minimum Gasteiger partial charge on any atom is -0.449 e. The fraction of sp³-hybridized carbons (Fsp3) is 0.280. The van der Waals surface area contributed by atoms with Gasteiger partial charge in [-0.2, -0.15) is 0 Å². The molecule has 0 saturated heterocycles. The molecule has 1 aromatic heterocycles. The number of carbonyl (C=O) groups excluding carboxylic acids is 2. The van der Waals surface area contributed by atoms with E-state index in [-0.39, 0.29) is 5.91 Å². The predicted octanol–water partition coefficient (Wildman–Crippen LogP) is 4.22. The van der Waals surface area contributed by atoms with Gasteiger partial charge in [-0.15, -0.1) is 0 Å². The summed E-state index contributed by atoms with van der Waals surface area (Å²) in [4.78, 5) is 27.1. The Hall–Kier alpha value is -3.34. The first kappa shape index (κ1) is 20.0. The first-order valence-electron chi connectivity index (χ1n) is 10.3. The summed E-state index contributed by atoms with van der Waals surface area (Å²) in [5.41, 5.74) is 6.11. The van der Waals surface area contributed by atoms with Crippen molar-refractivity contribution in [3.8, 4) is 5.69 Å². The van der Waals surface area contributed by atoms with Gasteiger partial charge in [0.1, 0.15) is 0 Å². The number of ether oxygens (including phenoxy) is 1. The van der Waals surface area contributed by atoms with Gasteiger partial charge in [-0.3, -0.25) is 4.79 Å². The van der Waals surface area contributed by atoms with Crippen LogP contribution in [0.2, 0.25) is 0 Å². The fourth-order valence-corrected chi connectivity index (χ4v) is 4.04. The number of amides is 1. The van der Waals surface area contributed by atoms with Crippen LogP contribution in [-0.2, 0) is 22.5 Å². The molecule has 2 aromatic carbocycles. The topological polar surface area (TPSA) is 51.5 Å². The van der Waals surface area contributed by atoms with Crippen molar-refractivity contribution in [2.45, 2.75) is 39.8 Å². The lowest BCUT2D eigenvalue weighted by Gasteiger charge is -2.30. The lowest BCUT2D eigenvalue weighted by molar-refractivity contribution is -0.140. The highest BCUT2D eigenvalue weighted by molar-refractivity contribution is 5.92. The number of nitrogens with zero attached hydrogens (tertiary/aromatic N) is 2. The first-order chi connectivity index (χ1) is 14.4. The summed E-state index contributed by atoms with van der Waals surface area (Å²) < 4.78 is 7.60. The molecule has 2 heterocycles. The molecule has 1 aliphatic rings. The minimum absolute atomic E-state index is 0.159. The zero-order valence-electron chi connectivity index (χ0n) is 17.6. The van der Waals surface area contributed by atoms with E-state index in [1.165, 1.54) is 5.56 Å². The molecule has 3 aromatic rings. The van der Waals surface area contributed by atoms with Crippen LogP contribution in [0.1, 0.15) is 39.8 Å². The van der Waals surface area contributed by atoms with Crippen LogP contribution >= 0.6 is 0 Å². The Morgan fingerprint density at radius 1 is 0.900 bits per heavy atom. The Morgan fingerprint density at radius 3 is 2.20 bits per heavy atom. The Labute approximate surface area is 176 Å². The normalized spacial score (nSPS) is 14.2. The average Bonchev–Trinajstić information content (AvgIpc) is 3.10. The van der Waals surface area contributed by atoms with Crippen LogP contribution in [0.25, 0.3) is 5.69 Å². The van der Waals surface area contributed by atoms with Crippen LogP contribution in [0.15, 0.2) is 60.7 Å². The molecule has 154 valence electrons. The zero-order chi connectivity index (χ0) is 21.3. The SMILES string of the molecule is Cc1ccc(C)n1-c1ccc(C(=O)O[C@H](C)C(=O)N2CCc3ccccc3C2)cc1. The fourth-order valence-electron chi connectivity index (χ4n) is 4.04. The van der Waals surface area contributed by atoms with Crippen molar-refractivity contribution in [3.63, 3.8) is 0 Å². The number of aryl methyl sites for hydroxylation is 2. The maximum absolute atomic E-state index is 12.8. The molecule has 5 heteroatoms. The van der Waals surface area contributed by atoms with Crippen LogP contribution in [0.4, 0.5) is 0 Å². The summed E-state index contributed by atoms with van der Waals surface area (Å²) in [5, 5.41) is 0. The predicted molar refractivity (Wildman–Crippen MR) is 116 cm³/mol. The molecular formula is C25H26N2O3. The van der Waals surface area contributed by atoms with Crippen LogP contribution in [-0.4, -0.2) is 34.0 Å². The Morgan fingerprint density at radius 2 is 1.53 bits per heavy atom. The summed E-state index contributed by atoms with van der Waals surface area (Å²) in [6.45, 7) is 6.92. The molecule has 0 fully saturated rings. The second-order valence-electron chi connectivity index (χ2n) is 7.82. The van der Waals surface area contributed by atoms with Crippen molar-refractivity contribution in [2.75, 3.05) is 6.54 Å². The number of esters is 1. The molecular weight excluding hydrogens is 376 g/mol. The molecule has 30 heavy (non-hydrogen) atoms. The van der Waals surface area contributed by atoms with Crippen molar-refractivity contribution in [3.05, 3.63) is 88.7 Å². The van der Waals surface area contributed by atoms with E-state index < -0.39 is 12.1 Å². The van der Waals surface area contributed by atoms with Crippen molar-refractivity contribution in [1.29, 1.82) is 0 Å². The van der Waals surface area contributed by atoms with E-state index in [0.29, 0.717) is 18.7 Å². The van der Waals surface area contributed by atoms with Crippen molar-refractivity contribution >= 4 is 11.9 Å². The number of aromatic nitrogens is 1. The van der Waals surface area contributed by atoms with Crippen molar-refractivity contribution < 1.29 is 14.3 Å². The smallest absolute Gasteiger partial charge is 0.338 e. The van der Waals surface area contributed by atoms with E-state index in [9.17, 15) is 9.59 Å². The molecule has 0 saturated carbocycles. The lowest BCUT2D eigenvalue weighted by atomic mass is 9.99. The molecule has 4 rings (SSSR count). The average molecular weight is 402 g/mol. The summed E-state index contributed by atoms with van der Waals surface area (Å²) in [5.74, 6) is -0.645. The molecule has 1 aliphatic heterocycles. The van der Waals surface area contributed by atoms with Gasteiger partial charge in [-0.05, 0) is 74.7 Å². The quantitative estimate of drug-likeness (QED) is 0.614. The number of hydrogen-bond donors (Lipinski definition) is 0. The standard InChI is InChI=1S/C25H26N2O3/c1-17-8-9-18(2)27(17)23-12-10-21(11-13-23)25(29)30-19(3)24(28)26-15-14-20-6-4-5-7-22(20)16-26/h4-13,19H,14-16H2,1-3H3/t19-/m1/s1. The van der Waals surface area contributed by atoms with Crippen LogP contribution in [0, 0.1) is 13.8 Å². The van der Waals surface area contributed by atoms with Gasteiger partial charge in [0, 0.05) is 30.2 Å². The summed E-state index contributed by atoms with van der Waals surface area (Å²) >= 11 is 0. The van der Waals surface area contributed by atoms with E-state index in [1.54, 1.807) is 24.0 Å². The molecule has 0 radical (unpaired) electrons. The number of rotatable bonds is 4. The van der Waals surface area contributed by atoms with Gasteiger partial charge in [0.15, 0.2) is 6.10 Å². The monoisotopic (exact) mass is 402 g/mol. The number of fused-ring (bicyclic) bond motifs is 1. The van der Waals surface area contributed by atoms with Gasteiger partial charge in [-0.25, -0.2) is 4.79 Å². The van der Waals surface area contributed by atoms with Crippen molar-refractivity contribution in [2.24, 2.45) is 0 Å². The molecule has 0 spiro atoms. The number of hydrogen-bond acceptors (Lipinski definition) is 3. The van der Waals surface area contributed by atoms with Gasteiger partial charge >= 0.3 is 5.97 Å². The largest absolute Gasteiger partial charge is 0.449 e. The summed E-state index contributed by atoms with van der Waals surface area (Å²) in [6, 6.07) is 19.5. The third-order valence-electron chi connectivity index (χ3n) is 5.71. The molecule has 0 aliphatic carbocycles. The highest BCUT2D eigenvalue weighted by Gasteiger charge is 2.27. The number of carbonyl (C=O) groups is 2.